The van der Waals surface area contributed by atoms with E-state index in [1.165, 1.54) is 0 Å². The van der Waals surface area contributed by atoms with Gasteiger partial charge in [0.2, 0.25) is 0 Å². The van der Waals surface area contributed by atoms with Gasteiger partial charge < -0.3 is 19.9 Å². The van der Waals surface area contributed by atoms with Crippen molar-refractivity contribution in [1.29, 1.82) is 0 Å². The lowest BCUT2D eigenvalue weighted by Crippen LogP contribution is -2.33. The number of aliphatic hydroxyl groups is 1. The zero-order valence-corrected chi connectivity index (χ0v) is 11.0. The summed E-state index contributed by atoms with van der Waals surface area (Å²) in [7, 11) is 0. The van der Waals surface area contributed by atoms with Gasteiger partial charge in [-0.15, -0.1) is 0 Å². The Balaban J connectivity index is 1.94. The molecule has 1 aromatic carbocycles. The molecule has 1 aliphatic heterocycles. The second kappa shape index (κ2) is 6.07. The van der Waals surface area contributed by atoms with Crippen LogP contribution >= 0.6 is 0 Å². The summed E-state index contributed by atoms with van der Waals surface area (Å²) in [4.78, 5) is 0. The Morgan fingerprint density at radius 1 is 1.22 bits per heavy atom. The normalized spacial score (nSPS) is 17.3. The van der Waals surface area contributed by atoms with Gasteiger partial charge in [0, 0.05) is 19.2 Å². The number of hydrogen-bond donors (Lipinski definition) is 2. The van der Waals surface area contributed by atoms with Gasteiger partial charge in [-0.3, -0.25) is 0 Å². The minimum Gasteiger partial charge on any atom is -0.486 e. The molecule has 1 aliphatic rings. The van der Waals surface area contributed by atoms with E-state index in [-0.39, 0.29) is 18.6 Å². The van der Waals surface area contributed by atoms with Gasteiger partial charge in [0.05, 0.1) is 0 Å². The number of nitrogens with one attached hydrogen (secondary N) is 1. The van der Waals surface area contributed by atoms with Crippen LogP contribution in [0.4, 0.5) is 0 Å². The van der Waals surface area contributed by atoms with E-state index in [1.807, 2.05) is 25.1 Å². The molecule has 0 radical (unpaired) electrons. The minimum absolute atomic E-state index is 0.204. The monoisotopic (exact) mass is 251 g/mol. The van der Waals surface area contributed by atoms with Crippen LogP contribution in [0.25, 0.3) is 0 Å². The lowest BCUT2D eigenvalue weighted by Gasteiger charge is -2.21. The first kappa shape index (κ1) is 13.2. The molecule has 0 saturated heterocycles. The van der Waals surface area contributed by atoms with Crippen molar-refractivity contribution in [2.75, 3.05) is 19.8 Å². The summed E-state index contributed by atoms with van der Waals surface area (Å²) in [6.07, 6.45) is 0. The highest BCUT2D eigenvalue weighted by molar-refractivity contribution is 5.43. The quantitative estimate of drug-likeness (QED) is 0.834. The summed E-state index contributed by atoms with van der Waals surface area (Å²) in [5, 5.41) is 12.5. The molecule has 0 amide bonds. The highest BCUT2D eigenvalue weighted by Crippen LogP contribution is 2.30. The van der Waals surface area contributed by atoms with Crippen molar-refractivity contribution < 1.29 is 14.6 Å². The molecule has 2 atom stereocenters. The predicted octanol–water partition coefficient (Wildman–Crippen LogP) is 1.56. The van der Waals surface area contributed by atoms with E-state index in [4.69, 9.17) is 14.6 Å². The van der Waals surface area contributed by atoms with Gasteiger partial charge in [-0.1, -0.05) is 13.0 Å². The summed E-state index contributed by atoms with van der Waals surface area (Å²) in [6.45, 7) is 6.31. The van der Waals surface area contributed by atoms with E-state index in [9.17, 15) is 0 Å². The zero-order valence-electron chi connectivity index (χ0n) is 11.0. The minimum atomic E-state index is 0.204. The van der Waals surface area contributed by atoms with Crippen molar-refractivity contribution >= 4 is 0 Å². The summed E-state index contributed by atoms with van der Waals surface area (Å²) in [5.41, 5.74) is 1.16. The third-order valence-electron chi connectivity index (χ3n) is 3.38. The molecule has 100 valence electrons. The molecule has 0 saturated carbocycles. The van der Waals surface area contributed by atoms with Crippen LogP contribution in [0.2, 0.25) is 0 Å². The molecular weight excluding hydrogens is 230 g/mol. The summed E-state index contributed by atoms with van der Waals surface area (Å²) >= 11 is 0. The van der Waals surface area contributed by atoms with Crippen LogP contribution in [-0.2, 0) is 6.54 Å². The standard InChI is InChI=1S/C14H21NO3/c1-10(9-16)11(2)15-8-12-3-4-13-14(7-12)18-6-5-17-13/h3-4,7,10-11,15-16H,5-6,8-9H2,1-2H3. The van der Waals surface area contributed by atoms with E-state index in [1.54, 1.807) is 0 Å². The highest BCUT2D eigenvalue weighted by Gasteiger charge is 2.13. The van der Waals surface area contributed by atoms with E-state index in [2.05, 4.69) is 12.2 Å². The van der Waals surface area contributed by atoms with Crippen LogP contribution in [0, 0.1) is 5.92 Å². The Morgan fingerprint density at radius 3 is 2.67 bits per heavy atom. The molecule has 4 heteroatoms. The molecule has 0 bridgehead atoms. The van der Waals surface area contributed by atoms with Gasteiger partial charge in [0.15, 0.2) is 11.5 Å². The first-order valence-corrected chi connectivity index (χ1v) is 6.43. The van der Waals surface area contributed by atoms with Gasteiger partial charge in [0.25, 0.3) is 0 Å². The first-order valence-electron chi connectivity index (χ1n) is 6.43. The predicted molar refractivity (Wildman–Crippen MR) is 70.0 cm³/mol. The van der Waals surface area contributed by atoms with Crippen LogP contribution in [0.15, 0.2) is 18.2 Å². The first-order chi connectivity index (χ1) is 8.70. The highest BCUT2D eigenvalue weighted by atomic mass is 16.6. The maximum Gasteiger partial charge on any atom is 0.161 e. The Morgan fingerprint density at radius 2 is 1.94 bits per heavy atom. The molecule has 1 heterocycles. The van der Waals surface area contributed by atoms with Crippen LogP contribution < -0.4 is 14.8 Å². The number of aliphatic hydroxyl groups excluding tert-OH is 1. The van der Waals surface area contributed by atoms with Gasteiger partial charge in [-0.05, 0) is 30.5 Å². The number of ether oxygens (including phenoxy) is 2. The van der Waals surface area contributed by atoms with Crippen molar-refractivity contribution in [3.63, 3.8) is 0 Å². The fourth-order valence-corrected chi connectivity index (χ4v) is 1.84. The second-order valence-corrected chi connectivity index (χ2v) is 4.81. The molecule has 0 aliphatic carbocycles. The maximum absolute atomic E-state index is 9.08. The van der Waals surface area contributed by atoms with Gasteiger partial charge in [0.1, 0.15) is 13.2 Å². The van der Waals surface area contributed by atoms with Crippen molar-refractivity contribution in [3.05, 3.63) is 23.8 Å². The van der Waals surface area contributed by atoms with E-state index in [0.717, 1.165) is 23.6 Å². The molecule has 0 aromatic heterocycles. The average Bonchev–Trinajstić information content (AvgIpc) is 2.43. The fraction of sp³-hybridized carbons (Fsp3) is 0.571. The lowest BCUT2D eigenvalue weighted by molar-refractivity contribution is 0.171. The van der Waals surface area contributed by atoms with E-state index >= 15 is 0 Å². The largest absolute Gasteiger partial charge is 0.486 e. The molecule has 0 fully saturated rings. The Bertz CT molecular complexity index is 395. The average molecular weight is 251 g/mol. The Hall–Kier alpha value is -1.26. The molecule has 2 unspecified atom stereocenters. The molecule has 2 rings (SSSR count). The maximum atomic E-state index is 9.08. The molecule has 2 N–H and O–H groups in total. The molecule has 18 heavy (non-hydrogen) atoms. The number of benzene rings is 1. The SMILES string of the molecule is CC(CO)C(C)NCc1ccc2c(c1)OCCO2. The fourth-order valence-electron chi connectivity index (χ4n) is 1.84. The number of hydrogen-bond acceptors (Lipinski definition) is 4. The van der Waals surface area contributed by atoms with Crippen molar-refractivity contribution in [3.8, 4) is 11.5 Å². The van der Waals surface area contributed by atoms with Crippen LogP contribution in [-0.4, -0.2) is 31.0 Å². The second-order valence-electron chi connectivity index (χ2n) is 4.81. The van der Waals surface area contributed by atoms with Gasteiger partial charge >= 0.3 is 0 Å². The van der Waals surface area contributed by atoms with E-state index in [0.29, 0.717) is 13.2 Å². The number of rotatable bonds is 5. The van der Waals surface area contributed by atoms with E-state index < -0.39 is 0 Å². The molecule has 1 aromatic rings. The molecule has 0 spiro atoms. The van der Waals surface area contributed by atoms with Crippen LogP contribution in [0.3, 0.4) is 0 Å². The van der Waals surface area contributed by atoms with Crippen molar-refractivity contribution in [1.82, 2.24) is 5.32 Å². The lowest BCUT2D eigenvalue weighted by atomic mass is 10.0. The van der Waals surface area contributed by atoms with Crippen molar-refractivity contribution in [2.45, 2.75) is 26.4 Å². The molecular formula is C14H21NO3. The Labute approximate surface area is 108 Å². The summed E-state index contributed by atoms with van der Waals surface area (Å²) in [5.74, 6) is 1.90. The molecule has 4 nitrogen and oxygen atoms in total. The van der Waals surface area contributed by atoms with Crippen molar-refractivity contribution in [2.24, 2.45) is 5.92 Å². The zero-order chi connectivity index (χ0) is 13.0. The topological polar surface area (TPSA) is 50.7 Å². The van der Waals surface area contributed by atoms with Gasteiger partial charge in [-0.25, -0.2) is 0 Å². The smallest absolute Gasteiger partial charge is 0.161 e. The van der Waals surface area contributed by atoms with Gasteiger partial charge in [-0.2, -0.15) is 0 Å². The van der Waals surface area contributed by atoms with Crippen LogP contribution in [0.1, 0.15) is 19.4 Å². The third kappa shape index (κ3) is 3.15. The van der Waals surface area contributed by atoms with Crippen LogP contribution in [0.5, 0.6) is 11.5 Å². The third-order valence-corrected chi connectivity index (χ3v) is 3.38. The summed E-state index contributed by atoms with van der Waals surface area (Å²) < 4.78 is 11.0. The Kier molecular flexibility index (Phi) is 4.44. The number of fused-ring (bicyclic) bond motifs is 1. The summed E-state index contributed by atoms with van der Waals surface area (Å²) in [6, 6.07) is 6.28.